The van der Waals surface area contributed by atoms with E-state index in [-0.39, 0.29) is 5.82 Å². The van der Waals surface area contributed by atoms with Crippen molar-refractivity contribution in [1.29, 1.82) is 5.26 Å². The quantitative estimate of drug-likeness (QED) is 0.673. The van der Waals surface area contributed by atoms with Crippen LogP contribution in [0.15, 0.2) is 16.6 Å². The first kappa shape index (κ1) is 8.94. The van der Waals surface area contributed by atoms with Gasteiger partial charge in [-0.25, -0.2) is 4.39 Å². The Bertz CT molecular complexity index is 309. The standard InChI is InChI=1S/C7H2BrFIN/c8-6-1-4(9)2-7(10)5(6)3-11/h1-2H. The van der Waals surface area contributed by atoms with E-state index in [4.69, 9.17) is 5.26 Å². The molecule has 1 rings (SSSR count). The third-order valence-corrected chi connectivity index (χ3v) is 2.59. The molecular formula is C7H2BrFIN. The van der Waals surface area contributed by atoms with Crippen molar-refractivity contribution in [3.63, 3.8) is 0 Å². The number of hydrogen-bond donors (Lipinski definition) is 0. The number of nitriles is 1. The molecule has 0 aliphatic heterocycles. The lowest BCUT2D eigenvalue weighted by Gasteiger charge is -1.97. The van der Waals surface area contributed by atoms with E-state index in [0.717, 1.165) is 0 Å². The SMILES string of the molecule is N#Cc1c(Br)cc(F)cc1I. The Morgan fingerprint density at radius 2 is 2.18 bits per heavy atom. The van der Waals surface area contributed by atoms with Gasteiger partial charge in [-0.2, -0.15) is 5.26 Å². The molecular weight excluding hydrogens is 324 g/mol. The highest BCUT2D eigenvalue weighted by Gasteiger charge is 2.05. The molecule has 0 atom stereocenters. The molecule has 0 aliphatic rings. The minimum absolute atomic E-state index is 0.333. The number of hydrogen-bond acceptors (Lipinski definition) is 1. The van der Waals surface area contributed by atoms with Gasteiger partial charge in [-0.1, -0.05) is 0 Å². The lowest BCUT2D eigenvalue weighted by atomic mass is 10.2. The van der Waals surface area contributed by atoms with E-state index in [2.05, 4.69) is 15.9 Å². The van der Waals surface area contributed by atoms with E-state index in [1.165, 1.54) is 12.1 Å². The van der Waals surface area contributed by atoms with Gasteiger partial charge in [-0.05, 0) is 50.7 Å². The second-order valence-electron chi connectivity index (χ2n) is 1.86. The zero-order chi connectivity index (χ0) is 8.43. The van der Waals surface area contributed by atoms with Crippen LogP contribution in [0.5, 0.6) is 0 Å². The highest BCUT2D eigenvalue weighted by molar-refractivity contribution is 14.1. The number of nitrogens with zero attached hydrogens (tertiary/aromatic N) is 1. The molecule has 0 saturated heterocycles. The molecule has 0 saturated carbocycles. The Morgan fingerprint density at radius 1 is 1.55 bits per heavy atom. The van der Waals surface area contributed by atoms with Gasteiger partial charge >= 0.3 is 0 Å². The van der Waals surface area contributed by atoms with Gasteiger partial charge in [0.2, 0.25) is 0 Å². The van der Waals surface area contributed by atoms with Crippen LogP contribution < -0.4 is 0 Å². The van der Waals surface area contributed by atoms with Crippen LogP contribution in [0.2, 0.25) is 0 Å². The summed E-state index contributed by atoms with van der Waals surface area (Å²) in [7, 11) is 0. The van der Waals surface area contributed by atoms with Crippen molar-refractivity contribution in [3.8, 4) is 6.07 Å². The van der Waals surface area contributed by atoms with Crippen LogP contribution in [-0.2, 0) is 0 Å². The molecule has 56 valence electrons. The fraction of sp³-hybridized carbons (Fsp3) is 0. The third kappa shape index (κ3) is 1.91. The van der Waals surface area contributed by atoms with Crippen molar-refractivity contribution in [3.05, 3.63) is 31.6 Å². The molecule has 1 nitrogen and oxygen atoms in total. The Kier molecular flexibility index (Phi) is 2.84. The summed E-state index contributed by atoms with van der Waals surface area (Å²) < 4.78 is 13.7. The maximum atomic E-state index is 12.6. The van der Waals surface area contributed by atoms with Crippen LogP contribution in [0, 0.1) is 20.7 Å². The van der Waals surface area contributed by atoms with E-state index in [9.17, 15) is 4.39 Å². The Balaban J connectivity index is 3.40. The van der Waals surface area contributed by atoms with E-state index in [1.54, 1.807) is 0 Å². The minimum Gasteiger partial charge on any atom is -0.207 e. The smallest absolute Gasteiger partial charge is 0.125 e. The first-order chi connectivity index (χ1) is 5.15. The van der Waals surface area contributed by atoms with E-state index < -0.39 is 0 Å². The number of benzene rings is 1. The molecule has 0 bridgehead atoms. The number of halogens is 3. The molecule has 0 spiro atoms. The lowest BCUT2D eigenvalue weighted by molar-refractivity contribution is 0.625. The predicted molar refractivity (Wildman–Crippen MR) is 51.5 cm³/mol. The Morgan fingerprint density at radius 3 is 2.64 bits per heavy atom. The lowest BCUT2D eigenvalue weighted by Crippen LogP contribution is -1.85. The average Bonchev–Trinajstić information content (AvgIpc) is 1.85. The highest BCUT2D eigenvalue weighted by atomic mass is 127. The summed E-state index contributed by atoms with van der Waals surface area (Å²) in [5.74, 6) is -0.333. The molecule has 4 heteroatoms. The van der Waals surface area contributed by atoms with E-state index in [0.29, 0.717) is 13.6 Å². The highest BCUT2D eigenvalue weighted by Crippen LogP contribution is 2.22. The van der Waals surface area contributed by atoms with Crippen molar-refractivity contribution in [2.75, 3.05) is 0 Å². The fourth-order valence-electron chi connectivity index (χ4n) is 0.649. The average molecular weight is 326 g/mol. The first-order valence-electron chi connectivity index (χ1n) is 2.70. The van der Waals surface area contributed by atoms with Gasteiger partial charge in [0.15, 0.2) is 0 Å². The molecule has 0 amide bonds. The molecule has 0 radical (unpaired) electrons. The molecule has 1 aromatic carbocycles. The van der Waals surface area contributed by atoms with E-state index >= 15 is 0 Å². The fourth-order valence-corrected chi connectivity index (χ4v) is 2.25. The molecule has 11 heavy (non-hydrogen) atoms. The van der Waals surface area contributed by atoms with Crippen LogP contribution in [0.4, 0.5) is 4.39 Å². The summed E-state index contributed by atoms with van der Waals surface area (Å²) >= 11 is 5.01. The first-order valence-corrected chi connectivity index (χ1v) is 4.57. The van der Waals surface area contributed by atoms with Gasteiger partial charge in [0.05, 0.1) is 5.56 Å². The van der Waals surface area contributed by atoms with Crippen LogP contribution in [0.1, 0.15) is 5.56 Å². The van der Waals surface area contributed by atoms with Crippen molar-refractivity contribution < 1.29 is 4.39 Å². The normalized spacial score (nSPS) is 9.27. The van der Waals surface area contributed by atoms with Gasteiger partial charge < -0.3 is 0 Å². The predicted octanol–water partition coefficient (Wildman–Crippen LogP) is 3.06. The maximum Gasteiger partial charge on any atom is 0.125 e. The van der Waals surface area contributed by atoms with Gasteiger partial charge in [0.1, 0.15) is 11.9 Å². The summed E-state index contributed by atoms with van der Waals surface area (Å²) in [5, 5.41) is 8.58. The molecule has 0 N–H and O–H groups in total. The van der Waals surface area contributed by atoms with E-state index in [1.807, 2.05) is 28.7 Å². The van der Waals surface area contributed by atoms with Crippen molar-refractivity contribution in [1.82, 2.24) is 0 Å². The molecule has 0 aromatic heterocycles. The molecule has 1 aromatic rings. The van der Waals surface area contributed by atoms with Crippen molar-refractivity contribution in [2.45, 2.75) is 0 Å². The molecule has 0 aliphatic carbocycles. The van der Waals surface area contributed by atoms with Crippen LogP contribution in [0.3, 0.4) is 0 Å². The Labute approximate surface area is 85.5 Å². The molecule has 0 fully saturated rings. The number of rotatable bonds is 0. The maximum absolute atomic E-state index is 12.6. The van der Waals surface area contributed by atoms with Crippen LogP contribution in [0.25, 0.3) is 0 Å². The van der Waals surface area contributed by atoms with Crippen molar-refractivity contribution in [2.24, 2.45) is 0 Å². The minimum atomic E-state index is -0.333. The zero-order valence-corrected chi connectivity index (χ0v) is 8.98. The second kappa shape index (κ2) is 3.50. The third-order valence-electron chi connectivity index (χ3n) is 1.12. The molecule has 0 unspecified atom stereocenters. The van der Waals surface area contributed by atoms with Crippen molar-refractivity contribution >= 4 is 38.5 Å². The van der Waals surface area contributed by atoms with Crippen LogP contribution in [-0.4, -0.2) is 0 Å². The van der Waals surface area contributed by atoms with Gasteiger partial charge in [0.25, 0.3) is 0 Å². The van der Waals surface area contributed by atoms with Gasteiger partial charge in [0, 0.05) is 8.04 Å². The summed E-state index contributed by atoms with van der Waals surface area (Å²) in [5.41, 5.74) is 0.479. The second-order valence-corrected chi connectivity index (χ2v) is 3.87. The summed E-state index contributed by atoms with van der Waals surface area (Å²) in [6.07, 6.45) is 0. The largest absolute Gasteiger partial charge is 0.207 e. The molecule has 0 heterocycles. The monoisotopic (exact) mass is 325 g/mol. The van der Waals surface area contributed by atoms with Gasteiger partial charge in [-0.3, -0.25) is 0 Å². The summed E-state index contributed by atoms with van der Waals surface area (Å²) in [4.78, 5) is 0. The summed E-state index contributed by atoms with van der Waals surface area (Å²) in [6, 6.07) is 4.57. The topological polar surface area (TPSA) is 23.8 Å². The van der Waals surface area contributed by atoms with Gasteiger partial charge in [-0.15, -0.1) is 0 Å². The Hall–Kier alpha value is -0.150. The zero-order valence-electron chi connectivity index (χ0n) is 5.24. The van der Waals surface area contributed by atoms with Crippen LogP contribution >= 0.6 is 38.5 Å². The summed E-state index contributed by atoms with van der Waals surface area (Å²) in [6.45, 7) is 0.